The van der Waals surface area contributed by atoms with Crippen LogP contribution in [0.2, 0.25) is 0 Å². The standard InChI is InChI=1S/C20H19N3O3S/c1-12-3-6-15(9-13(12)2)17(25)10-18-19(26)22-20(27-18)23-21-11-14-4-7-16(24)8-5-14/h3-9,11,18,24H,10H2,1-2H3,(H,22,23,26)/b21-11+. The maximum Gasteiger partial charge on any atom is 0.240 e. The molecule has 1 fully saturated rings. The van der Waals surface area contributed by atoms with Crippen LogP contribution in [0, 0.1) is 13.8 Å². The maximum absolute atomic E-state index is 12.5. The molecule has 3 rings (SSSR count). The molecule has 0 spiro atoms. The Labute approximate surface area is 161 Å². The number of aromatic hydroxyl groups is 1. The van der Waals surface area contributed by atoms with Crippen LogP contribution < -0.4 is 5.32 Å². The molecule has 1 atom stereocenters. The van der Waals surface area contributed by atoms with Gasteiger partial charge in [-0.15, -0.1) is 5.10 Å². The molecule has 0 aromatic heterocycles. The summed E-state index contributed by atoms with van der Waals surface area (Å²) in [6.45, 7) is 3.95. The van der Waals surface area contributed by atoms with Crippen LogP contribution in [0.1, 0.15) is 33.5 Å². The zero-order valence-corrected chi connectivity index (χ0v) is 15.8. The second kappa shape index (κ2) is 8.18. The molecule has 1 unspecified atom stereocenters. The third-order valence-electron chi connectivity index (χ3n) is 4.22. The molecule has 0 aliphatic carbocycles. The van der Waals surface area contributed by atoms with Crippen molar-refractivity contribution in [2.75, 3.05) is 0 Å². The first-order valence-corrected chi connectivity index (χ1v) is 9.28. The van der Waals surface area contributed by atoms with Crippen LogP contribution in [0.25, 0.3) is 0 Å². The minimum absolute atomic E-state index is 0.0698. The number of phenolic OH excluding ortho intramolecular Hbond substituents is 1. The lowest BCUT2D eigenvalue weighted by Gasteiger charge is -2.06. The number of hydrogen-bond donors (Lipinski definition) is 2. The fourth-order valence-electron chi connectivity index (χ4n) is 2.50. The summed E-state index contributed by atoms with van der Waals surface area (Å²) in [6, 6.07) is 12.1. The number of thioether (sulfide) groups is 1. The van der Waals surface area contributed by atoms with Gasteiger partial charge in [0.05, 0.1) is 11.5 Å². The van der Waals surface area contributed by atoms with E-state index in [0.29, 0.717) is 10.7 Å². The fourth-order valence-corrected chi connectivity index (χ4v) is 3.42. The quantitative estimate of drug-likeness (QED) is 0.473. The minimum atomic E-state index is -0.512. The number of aryl methyl sites for hydroxylation is 2. The van der Waals surface area contributed by atoms with Gasteiger partial charge in [0, 0.05) is 12.0 Å². The van der Waals surface area contributed by atoms with Crippen LogP contribution in [-0.2, 0) is 4.79 Å². The van der Waals surface area contributed by atoms with Gasteiger partial charge in [-0.05, 0) is 60.9 Å². The maximum atomic E-state index is 12.5. The first-order valence-electron chi connectivity index (χ1n) is 8.40. The molecule has 1 aliphatic rings. The number of Topliss-reactive ketones (excluding diaryl/α,β-unsaturated/α-hetero) is 1. The van der Waals surface area contributed by atoms with E-state index in [4.69, 9.17) is 0 Å². The van der Waals surface area contributed by atoms with Gasteiger partial charge in [-0.3, -0.25) is 9.59 Å². The van der Waals surface area contributed by atoms with E-state index in [2.05, 4.69) is 15.5 Å². The van der Waals surface area contributed by atoms with Crippen molar-refractivity contribution in [3.05, 3.63) is 64.7 Å². The van der Waals surface area contributed by atoms with Crippen molar-refractivity contribution in [3.63, 3.8) is 0 Å². The number of carbonyl (C=O) groups excluding carboxylic acids is 2. The van der Waals surface area contributed by atoms with Gasteiger partial charge in [-0.1, -0.05) is 23.9 Å². The summed E-state index contributed by atoms with van der Waals surface area (Å²) in [5.41, 5.74) is 3.56. The highest BCUT2D eigenvalue weighted by Crippen LogP contribution is 2.24. The molecule has 1 amide bonds. The molecular weight excluding hydrogens is 362 g/mol. The monoisotopic (exact) mass is 381 g/mol. The van der Waals surface area contributed by atoms with E-state index in [9.17, 15) is 14.7 Å². The van der Waals surface area contributed by atoms with E-state index >= 15 is 0 Å². The highest BCUT2D eigenvalue weighted by molar-refractivity contribution is 8.15. The molecule has 1 heterocycles. The third kappa shape index (κ3) is 4.83. The number of nitrogens with one attached hydrogen (secondary N) is 1. The van der Waals surface area contributed by atoms with Crippen LogP contribution in [0.15, 0.2) is 52.7 Å². The SMILES string of the molecule is Cc1ccc(C(=O)CC2S/C(=N\N=C\c3ccc(O)cc3)NC2=O)cc1C. The van der Waals surface area contributed by atoms with Gasteiger partial charge in [0.1, 0.15) is 5.75 Å². The Morgan fingerprint density at radius 2 is 1.93 bits per heavy atom. The third-order valence-corrected chi connectivity index (χ3v) is 5.30. The number of phenols is 1. The summed E-state index contributed by atoms with van der Waals surface area (Å²) in [7, 11) is 0. The second-order valence-electron chi connectivity index (χ2n) is 6.26. The predicted molar refractivity (Wildman–Crippen MR) is 108 cm³/mol. The summed E-state index contributed by atoms with van der Waals surface area (Å²) >= 11 is 1.20. The molecule has 1 saturated heterocycles. The van der Waals surface area contributed by atoms with Crippen LogP contribution >= 0.6 is 11.8 Å². The number of carbonyl (C=O) groups is 2. The molecule has 0 radical (unpaired) electrons. The first-order chi connectivity index (χ1) is 12.9. The molecule has 7 heteroatoms. The lowest BCUT2D eigenvalue weighted by Crippen LogP contribution is -2.26. The molecule has 1 aliphatic heterocycles. The molecule has 2 aromatic carbocycles. The van der Waals surface area contributed by atoms with Crippen molar-refractivity contribution < 1.29 is 14.7 Å². The van der Waals surface area contributed by atoms with Gasteiger partial charge in [-0.25, -0.2) is 0 Å². The lowest BCUT2D eigenvalue weighted by atomic mass is 10.0. The Hall–Kier alpha value is -2.93. The van der Waals surface area contributed by atoms with Crippen molar-refractivity contribution in [3.8, 4) is 5.75 Å². The zero-order valence-electron chi connectivity index (χ0n) is 15.0. The van der Waals surface area contributed by atoms with Crippen LogP contribution in [0.4, 0.5) is 0 Å². The van der Waals surface area contributed by atoms with Gasteiger partial charge in [-0.2, -0.15) is 5.10 Å². The molecule has 27 heavy (non-hydrogen) atoms. The zero-order chi connectivity index (χ0) is 19.4. The smallest absolute Gasteiger partial charge is 0.240 e. The molecule has 2 aromatic rings. The molecule has 2 N–H and O–H groups in total. The average molecular weight is 381 g/mol. The van der Waals surface area contributed by atoms with Crippen molar-refractivity contribution in [2.45, 2.75) is 25.5 Å². The summed E-state index contributed by atoms with van der Waals surface area (Å²) in [4.78, 5) is 24.6. The van der Waals surface area contributed by atoms with E-state index in [1.54, 1.807) is 30.3 Å². The predicted octanol–water partition coefficient (Wildman–Crippen LogP) is 3.20. The number of nitrogens with zero attached hydrogens (tertiary/aromatic N) is 2. The Balaban J connectivity index is 1.61. The number of hydrogen-bond acceptors (Lipinski definition) is 6. The van der Waals surface area contributed by atoms with Gasteiger partial charge in [0.15, 0.2) is 11.0 Å². The minimum Gasteiger partial charge on any atom is -0.508 e. The van der Waals surface area contributed by atoms with Crippen molar-refractivity contribution in [2.24, 2.45) is 10.2 Å². The number of benzene rings is 2. The first kappa shape index (κ1) is 18.8. The summed E-state index contributed by atoms with van der Waals surface area (Å²) in [6.07, 6.45) is 1.63. The van der Waals surface area contributed by atoms with E-state index in [0.717, 1.165) is 16.7 Å². The van der Waals surface area contributed by atoms with E-state index < -0.39 is 5.25 Å². The van der Waals surface area contributed by atoms with Crippen LogP contribution in [0.5, 0.6) is 5.75 Å². The van der Waals surface area contributed by atoms with Gasteiger partial charge in [0.2, 0.25) is 5.91 Å². The van der Waals surface area contributed by atoms with Crippen LogP contribution in [-0.4, -0.2) is 33.4 Å². The molecule has 6 nitrogen and oxygen atoms in total. The Morgan fingerprint density at radius 3 is 2.63 bits per heavy atom. The van der Waals surface area contributed by atoms with Gasteiger partial charge < -0.3 is 10.4 Å². The highest BCUT2D eigenvalue weighted by atomic mass is 32.2. The molecular formula is C20H19N3O3S. The summed E-state index contributed by atoms with van der Waals surface area (Å²) < 4.78 is 0. The fraction of sp³-hybridized carbons (Fsp3) is 0.200. The number of amidine groups is 1. The average Bonchev–Trinajstić information content (AvgIpc) is 2.98. The largest absolute Gasteiger partial charge is 0.508 e. The molecule has 0 bridgehead atoms. The van der Waals surface area contributed by atoms with Gasteiger partial charge in [0.25, 0.3) is 0 Å². The molecule has 0 saturated carbocycles. The van der Waals surface area contributed by atoms with Crippen molar-refractivity contribution >= 4 is 34.8 Å². The highest BCUT2D eigenvalue weighted by Gasteiger charge is 2.32. The Kier molecular flexibility index (Phi) is 5.71. The van der Waals surface area contributed by atoms with Crippen molar-refractivity contribution in [1.82, 2.24) is 5.32 Å². The Bertz CT molecular complexity index is 936. The second-order valence-corrected chi connectivity index (χ2v) is 7.45. The van der Waals surface area contributed by atoms with Crippen molar-refractivity contribution in [1.29, 1.82) is 0 Å². The van der Waals surface area contributed by atoms with Crippen LogP contribution in [0.3, 0.4) is 0 Å². The topological polar surface area (TPSA) is 91.1 Å². The Morgan fingerprint density at radius 1 is 1.19 bits per heavy atom. The van der Waals surface area contributed by atoms with E-state index in [1.807, 2.05) is 26.0 Å². The number of amides is 1. The lowest BCUT2D eigenvalue weighted by molar-refractivity contribution is -0.118. The number of rotatable bonds is 5. The summed E-state index contributed by atoms with van der Waals surface area (Å²) in [5, 5.41) is 19.7. The normalized spacial score (nSPS) is 18.2. The molecule has 138 valence electrons. The van der Waals surface area contributed by atoms with E-state index in [-0.39, 0.29) is 23.9 Å². The van der Waals surface area contributed by atoms with Gasteiger partial charge >= 0.3 is 0 Å². The number of ketones is 1. The van der Waals surface area contributed by atoms with E-state index in [1.165, 1.54) is 18.0 Å². The summed E-state index contributed by atoms with van der Waals surface area (Å²) in [5.74, 6) is -0.135.